The normalized spacial score (nSPS) is 11.4. The van der Waals surface area contributed by atoms with Crippen LogP contribution in [0.4, 0.5) is 0 Å². The quantitative estimate of drug-likeness (QED) is 0.764. The molecule has 1 rings (SSSR count). The molecule has 1 aromatic rings. The molecule has 14 heavy (non-hydrogen) atoms. The lowest BCUT2D eigenvalue weighted by molar-refractivity contribution is 0.363. The lowest BCUT2D eigenvalue weighted by Crippen LogP contribution is -2.17. The summed E-state index contributed by atoms with van der Waals surface area (Å²) in [6, 6.07) is 7.87. The number of halogens is 2. The van der Waals surface area contributed by atoms with Crippen LogP contribution in [-0.4, -0.2) is 18.5 Å². The first-order valence-corrected chi connectivity index (χ1v) is 5.22. The maximum atomic E-state index is 5.79. The van der Waals surface area contributed by atoms with Crippen LogP contribution >= 0.6 is 23.2 Å². The number of hydrogen-bond donors (Lipinski definition) is 0. The van der Waals surface area contributed by atoms with E-state index in [0.29, 0.717) is 0 Å². The molecule has 0 spiro atoms. The number of nitrogens with zero attached hydrogens (tertiary/aromatic N) is 1. The first-order chi connectivity index (χ1) is 6.72. The third-order valence-electron chi connectivity index (χ3n) is 1.87. The van der Waals surface area contributed by atoms with Crippen molar-refractivity contribution < 1.29 is 0 Å². The molecule has 0 aromatic heterocycles. The molecule has 0 atom stereocenters. The van der Waals surface area contributed by atoms with Crippen LogP contribution in [-0.2, 0) is 6.54 Å². The zero-order chi connectivity index (χ0) is 10.4. The number of hydrogen-bond acceptors (Lipinski definition) is 1. The van der Waals surface area contributed by atoms with Gasteiger partial charge in [-0.1, -0.05) is 41.4 Å². The van der Waals surface area contributed by atoms with Gasteiger partial charge in [-0.05, 0) is 24.7 Å². The Bertz CT molecular complexity index is 293. The van der Waals surface area contributed by atoms with Crippen LogP contribution in [0.3, 0.4) is 0 Å². The highest BCUT2D eigenvalue weighted by Gasteiger charge is 1.97. The Morgan fingerprint density at radius 1 is 1.29 bits per heavy atom. The lowest BCUT2D eigenvalue weighted by atomic mass is 10.2. The monoisotopic (exact) mass is 229 g/mol. The number of rotatable bonds is 4. The average molecular weight is 230 g/mol. The molecule has 0 radical (unpaired) electrons. The highest BCUT2D eigenvalue weighted by molar-refractivity contribution is 6.30. The van der Waals surface area contributed by atoms with Gasteiger partial charge in [0.1, 0.15) is 0 Å². The summed E-state index contributed by atoms with van der Waals surface area (Å²) in [6.45, 7) is 1.75. The fourth-order valence-corrected chi connectivity index (χ4v) is 1.39. The molecule has 0 N–H and O–H groups in total. The van der Waals surface area contributed by atoms with Gasteiger partial charge in [0.2, 0.25) is 0 Å². The van der Waals surface area contributed by atoms with Gasteiger partial charge in [0.05, 0.1) is 0 Å². The smallest absolute Gasteiger partial charge is 0.0406 e. The minimum Gasteiger partial charge on any atom is -0.298 e. The Labute approximate surface area is 94.9 Å². The maximum absolute atomic E-state index is 5.79. The van der Waals surface area contributed by atoms with Crippen molar-refractivity contribution >= 4 is 23.2 Å². The van der Waals surface area contributed by atoms with Crippen molar-refractivity contribution in [2.24, 2.45) is 0 Å². The van der Waals surface area contributed by atoms with Crippen molar-refractivity contribution in [2.45, 2.75) is 6.54 Å². The van der Waals surface area contributed by atoms with Crippen LogP contribution in [0.5, 0.6) is 0 Å². The van der Waals surface area contributed by atoms with E-state index in [1.807, 2.05) is 37.4 Å². The summed E-state index contributed by atoms with van der Waals surface area (Å²) < 4.78 is 0. The van der Waals surface area contributed by atoms with E-state index in [9.17, 15) is 0 Å². The molecule has 76 valence electrons. The predicted molar refractivity (Wildman–Crippen MR) is 62.8 cm³/mol. The Morgan fingerprint density at radius 3 is 2.50 bits per heavy atom. The molecular formula is C11H13Cl2N. The summed E-state index contributed by atoms with van der Waals surface area (Å²) in [5.74, 6) is 0. The number of likely N-dealkylation sites (N-methyl/N-ethyl adjacent to an activating group) is 1. The molecule has 0 aliphatic rings. The summed E-state index contributed by atoms with van der Waals surface area (Å²) in [5.41, 5.74) is 2.79. The van der Waals surface area contributed by atoms with Crippen molar-refractivity contribution in [3.05, 3.63) is 46.5 Å². The van der Waals surface area contributed by atoms with E-state index in [0.717, 1.165) is 18.1 Å². The Hall–Kier alpha value is -0.500. The van der Waals surface area contributed by atoms with Crippen LogP contribution < -0.4 is 0 Å². The van der Waals surface area contributed by atoms with Gasteiger partial charge in [0, 0.05) is 23.6 Å². The van der Waals surface area contributed by atoms with E-state index >= 15 is 0 Å². The van der Waals surface area contributed by atoms with Gasteiger partial charge in [-0.2, -0.15) is 0 Å². The van der Waals surface area contributed by atoms with Crippen LogP contribution in [0.2, 0.25) is 5.02 Å². The van der Waals surface area contributed by atoms with E-state index in [1.54, 1.807) is 5.54 Å². The fourth-order valence-electron chi connectivity index (χ4n) is 1.19. The Morgan fingerprint density at radius 2 is 1.93 bits per heavy atom. The van der Waals surface area contributed by atoms with Gasteiger partial charge < -0.3 is 0 Å². The molecule has 0 aliphatic heterocycles. The van der Waals surface area contributed by atoms with Crippen molar-refractivity contribution in [2.75, 3.05) is 13.6 Å². The van der Waals surface area contributed by atoms with Gasteiger partial charge in [-0.3, -0.25) is 4.90 Å². The standard InChI is InChI=1S/C11H13Cl2N/c1-14(8-2-7-12)9-10-3-5-11(13)6-4-10/h2-7H,8-9H2,1H3/b7-2+. The summed E-state index contributed by atoms with van der Waals surface area (Å²) in [7, 11) is 2.05. The number of benzene rings is 1. The summed E-state index contributed by atoms with van der Waals surface area (Å²) in [6.07, 6.45) is 1.91. The van der Waals surface area contributed by atoms with Gasteiger partial charge in [0.25, 0.3) is 0 Å². The van der Waals surface area contributed by atoms with Crippen LogP contribution in [0, 0.1) is 0 Å². The van der Waals surface area contributed by atoms with Crippen LogP contribution in [0.1, 0.15) is 5.56 Å². The average Bonchev–Trinajstić information content (AvgIpc) is 2.18. The summed E-state index contributed by atoms with van der Waals surface area (Å²) >= 11 is 11.2. The first kappa shape index (κ1) is 11.6. The van der Waals surface area contributed by atoms with Gasteiger partial charge in [-0.25, -0.2) is 0 Å². The van der Waals surface area contributed by atoms with E-state index in [1.165, 1.54) is 5.56 Å². The van der Waals surface area contributed by atoms with Crippen molar-refractivity contribution in [1.29, 1.82) is 0 Å². The van der Waals surface area contributed by atoms with Crippen molar-refractivity contribution in [1.82, 2.24) is 4.90 Å². The zero-order valence-electron chi connectivity index (χ0n) is 8.08. The molecule has 0 aliphatic carbocycles. The van der Waals surface area contributed by atoms with Crippen molar-refractivity contribution in [3.8, 4) is 0 Å². The van der Waals surface area contributed by atoms with Crippen molar-refractivity contribution in [3.63, 3.8) is 0 Å². The maximum Gasteiger partial charge on any atom is 0.0406 e. The highest BCUT2D eigenvalue weighted by Crippen LogP contribution is 2.10. The molecule has 0 heterocycles. The van der Waals surface area contributed by atoms with Gasteiger partial charge in [-0.15, -0.1) is 0 Å². The van der Waals surface area contributed by atoms with E-state index in [-0.39, 0.29) is 0 Å². The molecule has 1 aromatic carbocycles. The fraction of sp³-hybridized carbons (Fsp3) is 0.273. The second-order valence-corrected chi connectivity index (χ2v) is 3.87. The molecule has 0 bridgehead atoms. The topological polar surface area (TPSA) is 3.24 Å². The van der Waals surface area contributed by atoms with E-state index in [2.05, 4.69) is 4.90 Å². The van der Waals surface area contributed by atoms with E-state index in [4.69, 9.17) is 23.2 Å². The Kier molecular flexibility index (Phi) is 5.02. The third-order valence-corrected chi connectivity index (χ3v) is 2.30. The van der Waals surface area contributed by atoms with Gasteiger partial charge in [0.15, 0.2) is 0 Å². The minimum atomic E-state index is 0.775. The molecule has 0 amide bonds. The molecule has 0 fully saturated rings. The van der Waals surface area contributed by atoms with Crippen LogP contribution in [0.25, 0.3) is 0 Å². The van der Waals surface area contributed by atoms with Gasteiger partial charge >= 0.3 is 0 Å². The summed E-state index contributed by atoms with van der Waals surface area (Å²) in [4.78, 5) is 2.17. The molecule has 3 heteroatoms. The molecule has 0 saturated carbocycles. The lowest BCUT2D eigenvalue weighted by Gasteiger charge is -2.13. The summed E-state index contributed by atoms with van der Waals surface area (Å²) in [5, 5.41) is 0.775. The zero-order valence-corrected chi connectivity index (χ0v) is 9.59. The predicted octanol–water partition coefficient (Wildman–Crippen LogP) is 3.52. The third kappa shape index (κ3) is 4.14. The highest BCUT2D eigenvalue weighted by atomic mass is 35.5. The second-order valence-electron chi connectivity index (χ2n) is 3.18. The van der Waals surface area contributed by atoms with Crippen LogP contribution in [0.15, 0.2) is 35.9 Å². The molecule has 1 nitrogen and oxygen atoms in total. The first-order valence-electron chi connectivity index (χ1n) is 4.40. The second kappa shape index (κ2) is 6.07. The largest absolute Gasteiger partial charge is 0.298 e. The molecule has 0 unspecified atom stereocenters. The minimum absolute atomic E-state index is 0.775. The van der Waals surface area contributed by atoms with E-state index < -0.39 is 0 Å². The SMILES string of the molecule is CN(C/C=C/Cl)Cc1ccc(Cl)cc1. The molecule has 0 saturated heterocycles. The molecular weight excluding hydrogens is 217 g/mol. The Balaban J connectivity index is 2.47.